The molecule has 0 radical (unpaired) electrons. The van der Waals surface area contributed by atoms with Gasteiger partial charge in [0.1, 0.15) is 5.82 Å². The van der Waals surface area contributed by atoms with Crippen molar-refractivity contribution in [2.24, 2.45) is 0 Å². The summed E-state index contributed by atoms with van der Waals surface area (Å²) in [5.74, 6) is -0.581. The number of carbonyl (C=O) groups is 2. The van der Waals surface area contributed by atoms with E-state index in [1.165, 1.54) is 18.3 Å². The van der Waals surface area contributed by atoms with Gasteiger partial charge in [0.05, 0.1) is 11.3 Å². The van der Waals surface area contributed by atoms with Crippen molar-refractivity contribution in [3.63, 3.8) is 0 Å². The molecule has 134 valence electrons. The van der Waals surface area contributed by atoms with Crippen LogP contribution >= 0.6 is 0 Å². The number of nitrogens with one attached hydrogen (secondary N) is 1. The monoisotopic (exact) mass is 361 g/mol. The molecule has 0 saturated carbocycles. The predicted molar refractivity (Wildman–Crippen MR) is 98.2 cm³/mol. The molecule has 1 aliphatic carbocycles. The Labute approximate surface area is 155 Å². The highest BCUT2D eigenvalue weighted by molar-refractivity contribution is 6.03. The minimum Gasteiger partial charge on any atom is -0.294 e. The fraction of sp³-hybridized carbons (Fsp3) is 0.143. The lowest BCUT2D eigenvalue weighted by molar-refractivity contribution is 0.0962. The molecule has 1 heterocycles. The molecule has 6 heteroatoms. The van der Waals surface area contributed by atoms with E-state index in [9.17, 15) is 14.0 Å². The van der Waals surface area contributed by atoms with Crippen molar-refractivity contribution in [1.29, 1.82) is 0 Å². The van der Waals surface area contributed by atoms with Crippen LogP contribution in [0.5, 0.6) is 0 Å². The number of hydrogen-bond acceptors (Lipinski definition) is 4. The molecule has 0 fully saturated rings. The van der Waals surface area contributed by atoms with Gasteiger partial charge in [-0.05, 0) is 42.2 Å². The number of halogens is 1. The van der Waals surface area contributed by atoms with E-state index < -0.39 is 0 Å². The normalized spacial score (nSPS) is 15.9. The van der Waals surface area contributed by atoms with E-state index >= 15 is 0 Å². The van der Waals surface area contributed by atoms with Crippen LogP contribution in [-0.4, -0.2) is 21.7 Å². The number of aromatic nitrogens is 2. The number of rotatable bonds is 3. The van der Waals surface area contributed by atoms with Crippen molar-refractivity contribution in [2.45, 2.75) is 18.8 Å². The highest BCUT2D eigenvalue weighted by atomic mass is 19.1. The zero-order valence-corrected chi connectivity index (χ0v) is 14.4. The Hall–Kier alpha value is -3.41. The molecular weight excluding hydrogens is 345 g/mol. The molecule has 0 saturated heterocycles. The summed E-state index contributed by atoms with van der Waals surface area (Å²) in [6, 6.07) is 14.9. The smallest absolute Gasteiger partial charge is 0.258 e. The van der Waals surface area contributed by atoms with E-state index in [0.717, 1.165) is 5.56 Å². The quantitative estimate of drug-likeness (QED) is 0.771. The molecule has 1 N–H and O–H groups in total. The summed E-state index contributed by atoms with van der Waals surface area (Å²) >= 11 is 0. The third-order valence-corrected chi connectivity index (χ3v) is 4.64. The number of hydrogen-bond donors (Lipinski definition) is 1. The number of carbonyl (C=O) groups excluding carboxylic acids is 2. The van der Waals surface area contributed by atoms with Gasteiger partial charge in [-0.2, -0.15) is 0 Å². The van der Waals surface area contributed by atoms with Gasteiger partial charge in [0.25, 0.3) is 5.91 Å². The first-order valence-corrected chi connectivity index (χ1v) is 8.61. The highest BCUT2D eigenvalue weighted by Crippen LogP contribution is 2.32. The molecule has 0 bridgehead atoms. The summed E-state index contributed by atoms with van der Waals surface area (Å²) < 4.78 is 13.2. The fourth-order valence-electron chi connectivity index (χ4n) is 3.24. The SMILES string of the molecule is O=C(Nc1ncc2c(n1)C[C@H](c1ccc(F)cc1)CC2=O)c1ccccc1. The Kier molecular flexibility index (Phi) is 4.46. The molecule has 4 rings (SSSR count). The lowest BCUT2D eigenvalue weighted by atomic mass is 9.82. The average molecular weight is 361 g/mol. The minimum absolute atomic E-state index is 0.0495. The molecule has 1 atom stereocenters. The van der Waals surface area contributed by atoms with Crippen LogP contribution in [0.2, 0.25) is 0 Å². The van der Waals surface area contributed by atoms with Gasteiger partial charge in [-0.15, -0.1) is 0 Å². The first kappa shape index (κ1) is 17.0. The summed E-state index contributed by atoms with van der Waals surface area (Å²) in [7, 11) is 0. The second-order valence-electron chi connectivity index (χ2n) is 6.45. The van der Waals surface area contributed by atoms with Crippen LogP contribution in [0, 0.1) is 5.82 Å². The van der Waals surface area contributed by atoms with E-state index in [4.69, 9.17) is 0 Å². The standard InChI is InChI=1S/C21H16FN3O2/c22-16-8-6-13(7-9-16)15-10-18-17(19(26)11-15)12-23-21(24-18)25-20(27)14-4-2-1-3-5-14/h1-9,12,15H,10-11H2,(H,23,24,25,27)/t15-/m0/s1. The van der Waals surface area contributed by atoms with Crippen LogP contribution in [0.1, 0.15) is 44.3 Å². The summed E-state index contributed by atoms with van der Waals surface area (Å²) in [5, 5.41) is 2.66. The Morgan fingerprint density at radius 3 is 2.52 bits per heavy atom. The predicted octanol–water partition coefficient (Wildman–Crippen LogP) is 3.78. The largest absolute Gasteiger partial charge is 0.294 e. The third-order valence-electron chi connectivity index (χ3n) is 4.64. The van der Waals surface area contributed by atoms with E-state index in [-0.39, 0.29) is 29.4 Å². The van der Waals surface area contributed by atoms with E-state index in [1.807, 2.05) is 6.07 Å². The van der Waals surface area contributed by atoms with Crippen molar-refractivity contribution in [3.8, 4) is 0 Å². The van der Waals surface area contributed by atoms with Crippen LogP contribution in [0.4, 0.5) is 10.3 Å². The van der Waals surface area contributed by atoms with Crippen LogP contribution in [0.15, 0.2) is 60.8 Å². The molecule has 1 aromatic heterocycles. The van der Waals surface area contributed by atoms with Crippen molar-refractivity contribution in [2.75, 3.05) is 5.32 Å². The highest BCUT2D eigenvalue weighted by Gasteiger charge is 2.28. The molecule has 1 amide bonds. The summed E-state index contributed by atoms with van der Waals surface area (Å²) in [5.41, 5.74) is 2.47. The fourth-order valence-corrected chi connectivity index (χ4v) is 3.24. The zero-order valence-electron chi connectivity index (χ0n) is 14.4. The number of anilines is 1. The van der Waals surface area contributed by atoms with Gasteiger partial charge in [-0.3, -0.25) is 14.9 Å². The second kappa shape index (κ2) is 7.07. The number of benzene rings is 2. The Morgan fingerprint density at radius 1 is 1.04 bits per heavy atom. The maximum Gasteiger partial charge on any atom is 0.258 e. The lowest BCUT2D eigenvalue weighted by Crippen LogP contribution is -2.22. The number of Topliss-reactive ketones (excluding diaryl/α,β-unsaturated/α-hetero) is 1. The summed E-state index contributed by atoms with van der Waals surface area (Å²) in [4.78, 5) is 33.2. The van der Waals surface area contributed by atoms with Crippen molar-refractivity contribution >= 4 is 17.6 Å². The Balaban J connectivity index is 1.57. The maximum atomic E-state index is 13.2. The van der Waals surface area contributed by atoms with Crippen LogP contribution in [0.3, 0.4) is 0 Å². The van der Waals surface area contributed by atoms with Gasteiger partial charge in [-0.25, -0.2) is 14.4 Å². The van der Waals surface area contributed by atoms with E-state index in [0.29, 0.717) is 29.7 Å². The molecule has 1 aliphatic rings. The average Bonchev–Trinajstić information content (AvgIpc) is 2.69. The van der Waals surface area contributed by atoms with E-state index in [1.54, 1.807) is 36.4 Å². The van der Waals surface area contributed by atoms with Crippen molar-refractivity contribution < 1.29 is 14.0 Å². The van der Waals surface area contributed by atoms with Gasteiger partial charge in [0, 0.05) is 18.2 Å². The van der Waals surface area contributed by atoms with Gasteiger partial charge in [0.2, 0.25) is 5.95 Å². The molecule has 5 nitrogen and oxygen atoms in total. The summed E-state index contributed by atoms with van der Waals surface area (Å²) in [6.45, 7) is 0. The molecule has 0 aliphatic heterocycles. The second-order valence-corrected chi connectivity index (χ2v) is 6.45. The van der Waals surface area contributed by atoms with Gasteiger partial charge in [-0.1, -0.05) is 30.3 Å². The summed E-state index contributed by atoms with van der Waals surface area (Å²) in [6.07, 6.45) is 2.33. The van der Waals surface area contributed by atoms with Crippen molar-refractivity contribution in [3.05, 3.63) is 89.0 Å². The lowest BCUT2D eigenvalue weighted by Gasteiger charge is -2.23. The minimum atomic E-state index is -0.312. The molecule has 3 aromatic rings. The Morgan fingerprint density at radius 2 is 1.78 bits per heavy atom. The number of ketones is 1. The number of nitrogens with zero attached hydrogens (tertiary/aromatic N) is 2. The first-order valence-electron chi connectivity index (χ1n) is 8.61. The van der Waals surface area contributed by atoms with Gasteiger partial charge in [0.15, 0.2) is 5.78 Å². The maximum absolute atomic E-state index is 13.2. The first-order chi connectivity index (χ1) is 13.1. The van der Waals surface area contributed by atoms with Crippen LogP contribution < -0.4 is 5.32 Å². The van der Waals surface area contributed by atoms with Gasteiger partial charge < -0.3 is 0 Å². The molecule has 0 unspecified atom stereocenters. The van der Waals surface area contributed by atoms with Crippen molar-refractivity contribution in [1.82, 2.24) is 9.97 Å². The van der Waals surface area contributed by atoms with Crippen LogP contribution in [-0.2, 0) is 6.42 Å². The molecule has 2 aromatic carbocycles. The third kappa shape index (κ3) is 3.60. The Bertz CT molecular complexity index is 1000. The molecule has 27 heavy (non-hydrogen) atoms. The van der Waals surface area contributed by atoms with Crippen LogP contribution in [0.25, 0.3) is 0 Å². The number of fused-ring (bicyclic) bond motifs is 1. The van der Waals surface area contributed by atoms with E-state index in [2.05, 4.69) is 15.3 Å². The topological polar surface area (TPSA) is 72.0 Å². The van der Waals surface area contributed by atoms with Gasteiger partial charge >= 0.3 is 0 Å². The molecular formula is C21H16FN3O2. The molecule has 0 spiro atoms. The number of amides is 1. The zero-order chi connectivity index (χ0) is 18.8.